The van der Waals surface area contributed by atoms with Gasteiger partial charge in [-0.1, -0.05) is 54.6 Å². The Bertz CT molecular complexity index is 642. The first-order valence-electron chi connectivity index (χ1n) is 7.86. The van der Waals surface area contributed by atoms with E-state index in [-0.39, 0.29) is 0 Å². The summed E-state index contributed by atoms with van der Waals surface area (Å²) in [5, 5.41) is 4.00. The summed E-state index contributed by atoms with van der Waals surface area (Å²) in [6.07, 6.45) is 2.49. The van der Waals surface area contributed by atoms with Crippen LogP contribution in [-0.4, -0.2) is 12.4 Å². The van der Waals surface area contributed by atoms with Crippen molar-refractivity contribution >= 4 is 29.5 Å². The van der Waals surface area contributed by atoms with Crippen LogP contribution >= 0.6 is 7.26 Å². The smallest absolute Gasteiger partial charge is 0.123 e. The van der Waals surface area contributed by atoms with Crippen molar-refractivity contribution in [3.05, 3.63) is 91.0 Å². The van der Waals surface area contributed by atoms with Gasteiger partial charge in [0.25, 0.3) is 0 Å². The highest BCUT2D eigenvalue weighted by Crippen LogP contribution is 2.55. The Kier molecular flexibility index (Phi) is 5.00. The summed E-state index contributed by atoms with van der Waals surface area (Å²) in [7, 11) is -1.80. The maximum atomic E-state index is 11.2. The molecule has 3 rings (SSSR count). The molecule has 0 atom stereocenters. The van der Waals surface area contributed by atoms with Crippen molar-refractivity contribution in [2.24, 2.45) is 0 Å². The van der Waals surface area contributed by atoms with E-state index in [1.165, 1.54) is 15.9 Å². The molecule has 114 valence electrons. The zero-order chi connectivity index (χ0) is 16.0. The summed E-state index contributed by atoms with van der Waals surface area (Å²) in [5.41, 5.74) is 0. The summed E-state index contributed by atoms with van der Waals surface area (Å²) < 4.78 is 0. The number of benzene rings is 3. The molecule has 23 heavy (non-hydrogen) atoms. The van der Waals surface area contributed by atoms with Crippen molar-refractivity contribution in [3.63, 3.8) is 0 Å². The maximum Gasteiger partial charge on any atom is 0.123 e. The molecule has 0 fully saturated rings. The van der Waals surface area contributed by atoms with Gasteiger partial charge < -0.3 is 4.79 Å². The predicted octanol–water partition coefficient (Wildman–Crippen LogP) is 3.57. The average molecular weight is 319 g/mol. The lowest BCUT2D eigenvalue weighted by Gasteiger charge is -2.27. The van der Waals surface area contributed by atoms with Gasteiger partial charge in [-0.3, -0.25) is 0 Å². The summed E-state index contributed by atoms with van der Waals surface area (Å²) in [6.45, 7) is 0. The monoisotopic (exact) mass is 319 g/mol. The van der Waals surface area contributed by atoms with Crippen molar-refractivity contribution in [3.8, 4) is 0 Å². The van der Waals surface area contributed by atoms with Gasteiger partial charge in [0, 0.05) is 6.42 Å². The van der Waals surface area contributed by atoms with Gasteiger partial charge in [-0.05, 0) is 36.4 Å². The molecular formula is C21H20OP+. The molecule has 0 spiro atoms. The fourth-order valence-electron chi connectivity index (χ4n) is 3.13. The largest absolute Gasteiger partial charge is 0.303 e. The van der Waals surface area contributed by atoms with E-state index >= 15 is 0 Å². The van der Waals surface area contributed by atoms with E-state index in [4.69, 9.17) is 0 Å². The second-order valence-corrected chi connectivity index (χ2v) is 9.11. The van der Waals surface area contributed by atoms with E-state index in [2.05, 4.69) is 72.8 Å². The quantitative estimate of drug-likeness (QED) is 0.501. The van der Waals surface area contributed by atoms with Gasteiger partial charge in [0.2, 0.25) is 0 Å². The lowest BCUT2D eigenvalue weighted by molar-refractivity contribution is -0.107. The van der Waals surface area contributed by atoms with Gasteiger partial charge in [-0.15, -0.1) is 0 Å². The summed E-state index contributed by atoms with van der Waals surface area (Å²) in [4.78, 5) is 11.2. The molecule has 0 aromatic heterocycles. The van der Waals surface area contributed by atoms with Gasteiger partial charge in [0.1, 0.15) is 29.5 Å². The number of hydrogen-bond donors (Lipinski definition) is 0. The van der Waals surface area contributed by atoms with Gasteiger partial charge in [-0.2, -0.15) is 0 Å². The molecule has 0 amide bonds. The lowest BCUT2D eigenvalue weighted by atomic mass is 10.4. The van der Waals surface area contributed by atoms with E-state index in [0.717, 1.165) is 12.4 Å². The van der Waals surface area contributed by atoms with Crippen molar-refractivity contribution in [1.29, 1.82) is 0 Å². The molecule has 0 bridgehead atoms. The molecule has 0 unspecified atom stereocenters. The van der Waals surface area contributed by atoms with Crippen LogP contribution in [0.5, 0.6) is 0 Å². The molecule has 0 saturated carbocycles. The summed E-state index contributed by atoms with van der Waals surface area (Å²) in [5.74, 6) is 0. The molecule has 0 heterocycles. The highest BCUT2D eigenvalue weighted by Gasteiger charge is 2.44. The fraction of sp³-hybridized carbons (Fsp3) is 0.0952. The van der Waals surface area contributed by atoms with Crippen LogP contribution in [-0.2, 0) is 4.79 Å². The molecule has 3 aromatic rings. The summed E-state index contributed by atoms with van der Waals surface area (Å²) >= 11 is 0. The highest BCUT2D eigenvalue weighted by atomic mass is 31.2. The second-order valence-electron chi connectivity index (χ2n) is 5.50. The molecular weight excluding hydrogens is 299 g/mol. The number of aldehydes is 1. The Morgan fingerprint density at radius 1 is 0.609 bits per heavy atom. The van der Waals surface area contributed by atoms with Gasteiger partial charge in [0.15, 0.2) is 0 Å². The zero-order valence-corrected chi connectivity index (χ0v) is 13.9. The summed E-state index contributed by atoms with van der Waals surface area (Å²) in [6, 6.07) is 32.0. The van der Waals surface area contributed by atoms with Crippen molar-refractivity contribution in [2.45, 2.75) is 6.42 Å². The van der Waals surface area contributed by atoms with Crippen LogP contribution < -0.4 is 15.9 Å². The van der Waals surface area contributed by atoms with E-state index < -0.39 is 7.26 Å². The van der Waals surface area contributed by atoms with E-state index in [1.54, 1.807) is 0 Å². The normalized spacial score (nSPS) is 11.1. The minimum Gasteiger partial charge on any atom is -0.303 e. The lowest BCUT2D eigenvalue weighted by Crippen LogP contribution is -2.33. The first-order valence-corrected chi connectivity index (χ1v) is 9.84. The first-order chi connectivity index (χ1) is 11.4. The van der Waals surface area contributed by atoms with Crippen LogP contribution in [0, 0.1) is 0 Å². The van der Waals surface area contributed by atoms with Crippen LogP contribution in [0.2, 0.25) is 0 Å². The van der Waals surface area contributed by atoms with E-state index in [1.807, 2.05) is 18.2 Å². The predicted molar refractivity (Wildman–Crippen MR) is 101 cm³/mol. The van der Waals surface area contributed by atoms with Gasteiger partial charge in [-0.25, -0.2) is 0 Å². The number of hydrogen-bond acceptors (Lipinski definition) is 1. The van der Waals surface area contributed by atoms with E-state index in [0.29, 0.717) is 6.42 Å². The van der Waals surface area contributed by atoms with Crippen LogP contribution in [0.3, 0.4) is 0 Å². The van der Waals surface area contributed by atoms with Gasteiger partial charge in [0.05, 0.1) is 6.16 Å². The third-order valence-corrected chi connectivity index (χ3v) is 8.64. The third kappa shape index (κ3) is 3.11. The number of rotatable bonds is 6. The fourth-order valence-corrected chi connectivity index (χ4v) is 7.33. The molecule has 0 aliphatic rings. The van der Waals surface area contributed by atoms with Crippen LogP contribution in [0.15, 0.2) is 91.0 Å². The molecule has 0 N–H and O–H groups in total. The minimum atomic E-state index is -1.80. The standard InChI is InChI=1S/C21H20OP/c22-17-10-18-23(19-11-4-1-5-12-19,20-13-6-2-7-14-20)21-15-8-3-9-16-21/h1-9,11-17H,10,18H2/q+1. The Hall–Kier alpha value is -2.24. The molecule has 3 aromatic carbocycles. The van der Waals surface area contributed by atoms with Crippen molar-refractivity contribution < 1.29 is 4.79 Å². The van der Waals surface area contributed by atoms with Crippen molar-refractivity contribution in [1.82, 2.24) is 0 Å². The molecule has 0 aliphatic carbocycles. The molecule has 0 saturated heterocycles. The van der Waals surface area contributed by atoms with Crippen LogP contribution in [0.1, 0.15) is 6.42 Å². The minimum absolute atomic E-state index is 0.576. The Labute approximate surface area is 138 Å². The van der Waals surface area contributed by atoms with Crippen LogP contribution in [0.4, 0.5) is 0 Å². The zero-order valence-electron chi connectivity index (χ0n) is 13.0. The number of carbonyl (C=O) groups excluding carboxylic acids is 1. The maximum absolute atomic E-state index is 11.2. The second kappa shape index (κ2) is 7.35. The Morgan fingerprint density at radius 3 is 1.26 bits per heavy atom. The molecule has 2 heteroatoms. The Balaban J connectivity index is 2.27. The molecule has 1 nitrogen and oxygen atoms in total. The SMILES string of the molecule is O=CCC[P+](c1ccccc1)(c1ccccc1)c1ccccc1. The number of carbonyl (C=O) groups is 1. The van der Waals surface area contributed by atoms with Gasteiger partial charge >= 0.3 is 0 Å². The third-order valence-electron chi connectivity index (χ3n) is 4.17. The Morgan fingerprint density at radius 2 is 0.957 bits per heavy atom. The first kappa shape index (κ1) is 15.6. The van der Waals surface area contributed by atoms with Crippen LogP contribution in [0.25, 0.3) is 0 Å². The van der Waals surface area contributed by atoms with Crippen molar-refractivity contribution in [2.75, 3.05) is 6.16 Å². The van der Waals surface area contributed by atoms with E-state index in [9.17, 15) is 4.79 Å². The average Bonchev–Trinajstić information content (AvgIpc) is 2.65. The molecule has 0 radical (unpaired) electrons. The topological polar surface area (TPSA) is 17.1 Å². The highest BCUT2D eigenvalue weighted by molar-refractivity contribution is 7.95. The molecule has 0 aliphatic heterocycles.